The molecule has 0 radical (unpaired) electrons. The number of aromatic nitrogens is 1. The van der Waals surface area contributed by atoms with Gasteiger partial charge >= 0.3 is 33.0 Å². The summed E-state index contributed by atoms with van der Waals surface area (Å²) < 4.78 is 59.2. The van der Waals surface area contributed by atoms with Gasteiger partial charge in [-0.15, -0.1) is 0 Å². The molecule has 0 unspecified atom stereocenters. The Hall–Kier alpha value is -0.840. The Kier molecular flexibility index (Phi) is 12.5. The Bertz CT molecular complexity index is 555. The SMILES string of the molecule is CCCCCCCCCCCCCCCc1cc(C)cc(C)[nH+]1.F[P-](F)(F)(F)(F)F. The van der Waals surface area contributed by atoms with Crippen molar-refractivity contribution in [3.05, 3.63) is 29.1 Å². The van der Waals surface area contributed by atoms with Crippen molar-refractivity contribution in [3.63, 3.8) is 0 Å². The maximum absolute atomic E-state index is 10.7. The molecule has 0 saturated carbocycles. The number of H-pyrrole nitrogens is 1. The molecule has 30 heavy (non-hydrogen) atoms. The number of nitrogens with one attached hydrogen (secondary N) is 1. The average Bonchev–Trinajstić information content (AvgIpc) is 2.55. The molecular weight excluding hydrogens is 423 g/mol. The molecule has 0 atom stereocenters. The van der Waals surface area contributed by atoms with E-state index in [9.17, 15) is 25.2 Å². The van der Waals surface area contributed by atoms with Gasteiger partial charge in [0.1, 0.15) is 0 Å². The van der Waals surface area contributed by atoms with Gasteiger partial charge in [0.2, 0.25) is 0 Å². The number of unbranched alkanes of at least 4 members (excludes halogenated alkanes) is 12. The molecular formula is C22H40F6NP. The summed E-state index contributed by atoms with van der Waals surface area (Å²) in [5.74, 6) is 0. The molecule has 0 saturated heterocycles. The molecule has 0 fully saturated rings. The normalized spacial score (nSPS) is 13.9. The first-order valence-electron chi connectivity index (χ1n) is 11.2. The molecule has 180 valence electrons. The van der Waals surface area contributed by atoms with Crippen molar-refractivity contribution >= 4 is 7.81 Å². The predicted octanol–water partition coefficient (Wildman–Crippen LogP) is 10.1. The third kappa shape index (κ3) is 27.2. The fourth-order valence-electron chi connectivity index (χ4n) is 3.45. The summed E-state index contributed by atoms with van der Waals surface area (Å²) in [7, 11) is -10.7. The summed E-state index contributed by atoms with van der Waals surface area (Å²) in [6.45, 7) is 6.63. The Morgan fingerprint density at radius 2 is 1.00 bits per heavy atom. The van der Waals surface area contributed by atoms with Crippen LogP contribution >= 0.6 is 7.81 Å². The molecule has 8 heteroatoms. The number of halogens is 6. The first kappa shape index (κ1) is 29.2. The van der Waals surface area contributed by atoms with E-state index in [4.69, 9.17) is 0 Å². The number of pyridine rings is 1. The van der Waals surface area contributed by atoms with E-state index in [2.05, 4.69) is 37.9 Å². The minimum atomic E-state index is -10.7. The van der Waals surface area contributed by atoms with Crippen LogP contribution in [0, 0.1) is 13.8 Å². The maximum atomic E-state index is 9.87. The second-order valence-corrected chi connectivity index (χ2v) is 10.2. The quantitative estimate of drug-likeness (QED) is 0.148. The van der Waals surface area contributed by atoms with Gasteiger partial charge in [0.25, 0.3) is 0 Å². The summed E-state index contributed by atoms with van der Waals surface area (Å²) >= 11 is 0. The van der Waals surface area contributed by atoms with Crippen molar-refractivity contribution in [2.75, 3.05) is 0 Å². The van der Waals surface area contributed by atoms with Crippen LogP contribution in [-0.2, 0) is 6.42 Å². The van der Waals surface area contributed by atoms with Crippen LogP contribution in [0.3, 0.4) is 0 Å². The molecule has 0 aliphatic carbocycles. The second kappa shape index (κ2) is 12.9. The van der Waals surface area contributed by atoms with Crippen molar-refractivity contribution < 1.29 is 30.2 Å². The van der Waals surface area contributed by atoms with Gasteiger partial charge in [-0.1, -0.05) is 84.0 Å². The van der Waals surface area contributed by atoms with Crippen LogP contribution in [-0.4, -0.2) is 0 Å². The van der Waals surface area contributed by atoms with E-state index in [0.29, 0.717) is 0 Å². The molecule has 1 aromatic rings. The third-order valence-corrected chi connectivity index (χ3v) is 4.75. The Balaban J connectivity index is 0.00000103. The zero-order valence-electron chi connectivity index (χ0n) is 18.8. The topological polar surface area (TPSA) is 14.1 Å². The zero-order valence-corrected chi connectivity index (χ0v) is 19.7. The van der Waals surface area contributed by atoms with Gasteiger partial charge in [0.05, 0.1) is 0 Å². The van der Waals surface area contributed by atoms with E-state index in [0.717, 1.165) is 0 Å². The van der Waals surface area contributed by atoms with Crippen LogP contribution < -0.4 is 4.98 Å². The standard InChI is InChI=1S/C22H39N.F6P/c1-4-5-6-7-8-9-10-11-12-13-14-15-16-17-22-19-20(2)18-21(3)23-22;1-7(2,3,4,5)6/h18-19H,4-17H2,1-3H3;/q;-1/p+1. The van der Waals surface area contributed by atoms with E-state index in [1.165, 1.54) is 107 Å². The molecule has 0 amide bonds. The third-order valence-electron chi connectivity index (χ3n) is 4.75. The fraction of sp³-hybridized carbons (Fsp3) is 0.773. The first-order valence-corrected chi connectivity index (χ1v) is 13.3. The van der Waals surface area contributed by atoms with Gasteiger partial charge < -0.3 is 0 Å². The number of hydrogen-bond donors (Lipinski definition) is 0. The van der Waals surface area contributed by atoms with Gasteiger partial charge in [-0.05, 0) is 18.9 Å². The molecule has 1 rings (SSSR count). The van der Waals surface area contributed by atoms with Crippen molar-refractivity contribution in [1.29, 1.82) is 0 Å². The Morgan fingerprint density at radius 3 is 1.37 bits per heavy atom. The molecule has 1 heterocycles. The van der Waals surface area contributed by atoms with Crippen LogP contribution in [0.2, 0.25) is 0 Å². The van der Waals surface area contributed by atoms with Crippen LogP contribution in [0.25, 0.3) is 0 Å². The second-order valence-electron chi connectivity index (χ2n) is 8.32. The van der Waals surface area contributed by atoms with Crippen molar-refractivity contribution in [2.24, 2.45) is 0 Å². The van der Waals surface area contributed by atoms with Crippen molar-refractivity contribution in [1.82, 2.24) is 0 Å². The molecule has 1 nitrogen and oxygen atoms in total. The van der Waals surface area contributed by atoms with Crippen LogP contribution in [0.15, 0.2) is 12.1 Å². The van der Waals surface area contributed by atoms with E-state index in [1.807, 2.05) is 0 Å². The van der Waals surface area contributed by atoms with E-state index < -0.39 is 7.81 Å². The number of aromatic amines is 1. The summed E-state index contributed by atoms with van der Waals surface area (Å²) in [5, 5.41) is 0. The van der Waals surface area contributed by atoms with Crippen molar-refractivity contribution in [2.45, 2.75) is 111 Å². The molecule has 0 bridgehead atoms. The summed E-state index contributed by atoms with van der Waals surface area (Å²) in [4.78, 5) is 3.49. The van der Waals surface area contributed by atoms with Gasteiger partial charge in [-0.3, -0.25) is 0 Å². The Labute approximate surface area is 178 Å². The zero-order chi connectivity index (χ0) is 23.2. The molecule has 1 aromatic heterocycles. The Morgan fingerprint density at radius 1 is 0.633 bits per heavy atom. The van der Waals surface area contributed by atoms with Gasteiger partial charge in [-0.25, -0.2) is 4.98 Å². The molecule has 1 N–H and O–H groups in total. The van der Waals surface area contributed by atoms with E-state index in [-0.39, 0.29) is 0 Å². The van der Waals surface area contributed by atoms with Gasteiger partial charge in [0.15, 0.2) is 11.4 Å². The van der Waals surface area contributed by atoms with E-state index >= 15 is 0 Å². The number of hydrogen-bond acceptors (Lipinski definition) is 0. The fourth-order valence-corrected chi connectivity index (χ4v) is 3.45. The first-order chi connectivity index (χ1) is 13.7. The predicted molar refractivity (Wildman–Crippen MR) is 115 cm³/mol. The number of rotatable bonds is 14. The minimum absolute atomic E-state index is 1.21. The van der Waals surface area contributed by atoms with Crippen molar-refractivity contribution in [3.8, 4) is 0 Å². The molecule has 0 spiro atoms. The summed E-state index contributed by atoms with van der Waals surface area (Å²) in [5.41, 5.74) is 4.08. The molecule has 0 aliphatic rings. The van der Waals surface area contributed by atoms with Crippen LogP contribution in [0.4, 0.5) is 25.2 Å². The van der Waals surface area contributed by atoms with Gasteiger partial charge in [0, 0.05) is 25.5 Å². The van der Waals surface area contributed by atoms with Gasteiger partial charge in [-0.2, -0.15) is 0 Å². The average molecular weight is 464 g/mol. The molecule has 0 aliphatic heterocycles. The number of aryl methyl sites for hydroxylation is 3. The van der Waals surface area contributed by atoms with Crippen LogP contribution in [0.5, 0.6) is 0 Å². The summed E-state index contributed by atoms with van der Waals surface area (Å²) in [6.07, 6.45) is 19.8. The molecule has 0 aromatic carbocycles. The van der Waals surface area contributed by atoms with E-state index in [1.54, 1.807) is 0 Å². The summed E-state index contributed by atoms with van der Waals surface area (Å²) in [6, 6.07) is 4.51. The monoisotopic (exact) mass is 463 g/mol. The van der Waals surface area contributed by atoms with Crippen LogP contribution in [0.1, 0.15) is 107 Å².